The molecular weight excluding hydrogens is 246 g/mol. The molecule has 0 amide bonds. The Morgan fingerprint density at radius 3 is 2.22 bits per heavy atom. The molecule has 2 aromatic rings. The summed E-state index contributed by atoms with van der Waals surface area (Å²) in [5.41, 5.74) is -0.237. The number of halogens is 4. The summed E-state index contributed by atoms with van der Waals surface area (Å²) in [5, 5.41) is 0. The minimum atomic E-state index is -4.46. The molecule has 0 saturated heterocycles. The molecule has 0 radical (unpaired) electrons. The van der Waals surface area contributed by atoms with Gasteiger partial charge in [-0.2, -0.15) is 13.2 Å². The largest absolute Gasteiger partial charge is 0.417 e. The Morgan fingerprint density at radius 2 is 1.67 bits per heavy atom. The molecule has 0 aliphatic carbocycles. The monoisotopic (exact) mass is 255 g/mol. The maximum absolute atomic E-state index is 12.9. The highest BCUT2D eigenvalue weighted by Gasteiger charge is 2.34. The number of nitrogens with zero attached hydrogens (tertiary/aromatic N) is 1. The van der Waals surface area contributed by atoms with Crippen molar-refractivity contribution in [2.24, 2.45) is 0 Å². The van der Waals surface area contributed by atoms with Crippen molar-refractivity contribution in [2.75, 3.05) is 0 Å². The fraction of sp³-hybridized carbons (Fsp3) is 0.154. The summed E-state index contributed by atoms with van der Waals surface area (Å²) in [7, 11) is 0. The fourth-order valence-electron chi connectivity index (χ4n) is 1.65. The average molecular weight is 255 g/mol. The van der Waals surface area contributed by atoms with E-state index in [2.05, 4.69) is 4.98 Å². The number of aryl methyl sites for hydroxylation is 1. The topological polar surface area (TPSA) is 12.9 Å². The maximum Gasteiger partial charge on any atom is 0.417 e. The van der Waals surface area contributed by atoms with Crippen LogP contribution in [0.2, 0.25) is 0 Å². The van der Waals surface area contributed by atoms with Gasteiger partial charge in [-0.1, -0.05) is 12.1 Å². The minimum absolute atomic E-state index is 0.0481. The Hall–Kier alpha value is -1.91. The highest BCUT2D eigenvalue weighted by molar-refractivity contribution is 5.67. The second-order valence-electron chi connectivity index (χ2n) is 3.88. The first-order valence-corrected chi connectivity index (χ1v) is 5.18. The van der Waals surface area contributed by atoms with Gasteiger partial charge in [0.2, 0.25) is 0 Å². The number of alkyl halides is 3. The fourth-order valence-corrected chi connectivity index (χ4v) is 1.65. The van der Waals surface area contributed by atoms with Gasteiger partial charge >= 0.3 is 6.18 Å². The second kappa shape index (κ2) is 4.40. The van der Waals surface area contributed by atoms with Crippen molar-refractivity contribution in [3.63, 3.8) is 0 Å². The molecule has 0 saturated carbocycles. The van der Waals surface area contributed by atoms with Crippen molar-refractivity contribution in [1.29, 1.82) is 0 Å². The lowest BCUT2D eigenvalue weighted by molar-refractivity contribution is -0.137. The van der Waals surface area contributed by atoms with E-state index in [0.717, 1.165) is 24.4 Å². The van der Waals surface area contributed by atoms with E-state index in [1.54, 1.807) is 0 Å². The van der Waals surface area contributed by atoms with Gasteiger partial charge in [-0.25, -0.2) is 4.39 Å². The van der Waals surface area contributed by atoms with Crippen LogP contribution in [0.15, 0.2) is 36.5 Å². The van der Waals surface area contributed by atoms with Crippen LogP contribution in [0.5, 0.6) is 0 Å². The molecule has 0 spiro atoms. The molecule has 1 heterocycles. The summed E-state index contributed by atoms with van der Waals surface area (Å²) in [5.74, 6) is -0.493. The molecule has 0 N–H and O–H groups in total. The van der Waals surface area contributed by atoms with Crippen molar-refractivity contribution in [3.8, 4) is 11.1 Å². The van der Waals surface area contributed by atoms with Gasteiger partial charge in [-0.05, 0) is 30.7 Å². The first-order valence-electron chi connectivity index (χ1n) is 5.18. The molecule has 0 bridgehead atoms. The van der Waals surface area contributed by atoms with Crippen LogP contribution in [-0.4, -0.2) is 4.98 Å². The summed E-state index contributed by atoms with van der Waals surface area (Å²) in [6.45, 7) is 1.49. The van der Waals surface area contributed by atoms with Gasteiger partial charge in [0.25, 0.3) is 0 Å². The maximum atomic E-state index is 12.9. The summed E-state index contributed by atoms with van der Waals surface area (Å²) in [6, 6.07) is 5.83. The molecule has 5 heteroatoms. The van der Waals surface area contributed by atoms with E-state index in [4.69, 9.17) is 0 Å². The molecule has 0 unspecified atom stereocenters. The van der Waals surface area contributed by atoms with Gasteiger partial charge in [-0.3, -0.25) is 4.98 Å². The Labute approximate surface area is 101 Å². The summed E-state index contributed by atoms with van der Waals surface area (Å²) in [4.78, 5) is 3.86. The molecule has 2 rings (SSSR count). The van der Waals surface area contributed by atoms with Gasteiger partial charge in [0.15, 0.2) is 0 Å². The third-order valence-corrected chi connectivity index (χ3v) is 2.50. The second-order valence-corrected chi connectivity index (χ2v) is 3.88. The molecule has 0 atom stereocenters. The number of pyridine rings is 1. The van der Waals surface area contributed by atoms with Gasteiger partial charge in [0, 0.05) is 17.5 Å². The quantitative estimate of drug-likeness (QED) is 0.695. The Morgan fingerprint density at radius 1 is 1.06 bits per heavy atom. The third-order valence-electron chi connectivity index (χ3n) is 2.50. The zero-order valence-corrected chi connectivity index (χ0v) is 9.42. The van der Waals surface area contributed by atoms with Crippen LogP contribution in [0.1, 0.15) is 11.3 Å². The highest BCUT2D eigenvalue weighted by Crippen LogP contribution is 2.36. The van der Waals surface area contributed by atoms with Gasteiger partial charge < -0.3 is 0 Å². The van der Waals surface area contributed by atoms with Crippen LogP contribution < -0.4 is 0 Å². The number of rotatable bonds is 1. The number of hydrogen-bond acceptors (Lipinski definition) is 1. The molecule has 0 aliphatic rings. The van der Waals surface area contributed by atoms with Crippen LogP contribution in [0.3, 0.4) is 0 Å². The predicted octanol–water partition coefficient (Wildman–Crippen LogP) is 4.21. The average Bonchev–Trinajstić information content (AvgIpc) is 2.29. The van der Waals surface area contributed by atoms with E-state index in [9.17, 15) is 17.6 Å². The van der Waals surface area contributed by atoms with E-state index in [1.165, 1.54) is 19.1 Å². The number of hydrogen-bond donors (Lipinski definition) is 0. The minimum Gasteiger partial charge on any atom is -0.261 e. The van der Waals surface area contributed by atoms with Crippen LogP contribution in [0.25, 0.3) is 11.1 Å². The van der Waals surface area contributed by atoms with Crippen molar-refractivity contribution < 1.29 is 17.6 Å². The van der Waals surface area contributed by atoms with Crippen LogP contribution in [0, 0.1) is 12.7 Å². The third kappa shape index (κ3) is 2.50. The number of aromatic nitrogens is 1. The van der Waals surface area contributed by atoms with Crippen LogP contribution >= 0.6 is 0 Å². The first kappa shape index (κ1) is 12.5. The standard InChI is InChI=1S/C13H9F4N/c1-8-6-12(13(15,16)17)11(7-18-8)9-2-4-10(14)5-3-9/h2-7H,1H3. The summed E-state index contributed by atoms with van der Waals surface area (Å²) >= 11 is 0. The lowest BCUT2D eigenvalue weighted by Gasteiger charge is -2.13. The molecule has 1 nitrogen and oxygen atoms in total. The van der Waals surface area contributed by atoms with E-state index in [1.807, 2.05) is 0 Å². The first-order chi connectivity index (χ1) is 8.38. The molecule has 0 aliphatic heterocycles. The Bertz CT molecular complexity index is 558. The lowest BCUT2D eigenvalue weighted by atomic mass is 10.0. The highest BCUT2D eigenvalue weighted by atomic mass is 19.4. The van der Waals surface area contributed by atoms with Gasteiger partial charge in [-0.15, -0.1) is 0 Å². The predicted molar refractivity (Wildman–Crippen MR) is 59.4 cm³/mol. The van der Waals surface area contributed by atoms with Crippen molar-refractivity contribution in [3.05, 3.63) is 53.6 Å². The van der Waals surface area contributed by atoms with Crippen molar-refractivity contribution in [2.45, 2.75) is 13.1 Å². The molecule has 94 valence electrons. The van der Waals surface area contributed by atoms with Crippen LogP contribution in [-0.2, 0) is 6.18 Å². The summed E-state index contributed by atoms with van der Waals surface area (Å²) < 4.78 is 51.4. The Balaban J connectivity index is 2.60. The lowest BCUT2D eigenvalue weighted by Crippen LogP contribution is -2.08. The van der Waals surface area contributed by atoms with Gasteiger partial charge in [0.1, 0.15) is 5.82 Å². The molecule has 18 heavy (non-hydrogen) atoms. The van der Waals surface area contributed by atoms with E-state index in [0.29, 0.717) is 0 Å². The number of benzene rings is 1. The normalized spacial score (nSPS) is 11.6. The zero-order valence-electron chi connectivity index (χ0n) is 9.42. The molecule has 1 aromatic heterocycles. The van der Waals surface area contributed by atoms with Crippen molar-refractivity contribution in [1.82, 2.24) is 4.98 Å². The van der Waals surface area contributed by atoms with Crippen molar-refractivity contribution >= 4 is 0 Å². The molecular formula is C13H9F4N. The van der Waals surface area contributed by atoms with E-state index >= 15 is 0 Å². The van der Waals surface area contributed by atoms with E-state index in [-0.39, 0.29) is 16.8 Å². The molecule has 1 aromatic carbocycles. The van der Waals surface area contributed by atoms with Crippen LogP contribution in [0.4, 0.5) is 17.6 Å². The SMILES string of the molecule is Cc1cc(C(F)(F)F)c(-c2ccc(F)cc2)cn1. The smallest absolute Gasteiger partial charge is 0.261 e. The van der Waals surface area contributed by atoms with E-state index < -0.39 is 17.6 Å². The Kier molecular flexibility index (Phi) is 3.07. The zero-order chi connectivity index (χ0) is 13.3. The molecule has 0 fully saturated rings. The van der Waals surface area contributed by atoms with Gasteiger partial charge in [0.05, 0.1) is 5.56 Å². The summed E-state index contributed by atoms with van der Waals surface area (Å²) in [6.07, 6.45) is -3.30.